The molecule has 0 saturated carbocycles. The molecule has 2 aromatic heterocycles. The van der Waals surface area contributed by atoms with E-state index in [1.54, 1.807) is 0 Å². The molecule has 0 radical (unpaired) electrons. The van der Waals surface area contributed by atoms with Crippen molar-refractivity contribution in [3.8, 4) is 0 Å². The predicted molar refractivity (Wildman–Crippen MR) is 101 cm³/mol. The van der Waals surface area contributed by atoms with E-state index in [4.69, 9.17) is 4.42 Å². The molecule has 1 aliphatic rings. The number of benzene rings is 1. The number of nitrogens with zero attached hydrogens (tertiary/aromatic N) is 4. The van der Waals surface area contributed by atoms with Crippen LogP contribution in [0.2, 0.25) is 0 Å². The molecule has 6 nitrogen and oxygen atoms in total. The van der Waals surface area contributed by atoms with Crippen LogP contribution in [-0.2, 0) is 4.79 Å². The maximum absolute atomic E-state index is 12.8. The summed E-state index contributed by atoms with van der Waals surface area (Å²) in [5.74, 6) is 0.150. The third-order valence-corrected chi connectivity index (χ3v) is 5.92. The van der Waals surface area contributed by atoms with E-state index in [1.807, 2.05) is 47.7 Å². The largest absolute Gasteiger partial charge is 0.431 e. The van der Waals surface area contributed by atoms with Gasteiger partial charge in [-0.1, -0.05) is 30.8 Å². The summed E-state index contributed by atoms with van der Waals surface area (Å²) in [6.45, 7) is 7.50. The molecule has 7 heteroatoms. The van der Waals surface area contributed by atoms with Gasteiger partial charge in [0.2, 0.25) is 5.91 Å². The van der Waals surface area contributed by atoms with Crippen molar-refractivity contribution in [2.75, 3.05) is 13.1 Å². The zero-order chi connectivity index (χ0) is 18.3. The average Bonchev–Trinajstić information content (AvgIpc) is 3.13. The van der Waals surface area contributed by atoms with Crippen LogP contribution in [0.25, 0.3) is 11.1 Å². The fourth-order valence-corrected chi connectivity index (χ4v) is 4.29. The first-order valence-corrected chi connectivity index (χ1v) is 9.77. The third-order valence-electron chi connectivity index (χ3n) is 4.73. The molecule has 1 atom stereocenters. The van der Waals surface area contributed by atoms with Gasteiger partial charge in [0, 0.05) is 18.8 Å². The zero-order valence-corrected chi connectivity index (χ0v) is 16.0. The van der Waals surface area contributed by atoms with E-state index in [0.29, 0.717) is 18.3 Å². The molecule has 0 unspecified atom stereocenters. The van der Waals surface area contributed by atoms with Crippen molar-refractivity contribution in [1.29, 1.82) is 0 Å². The van der Waals surface area contributed by atoms with Gasteiger partial charge >= 0.3 is 0 Å². The Balaban J connectivity index is 1.41. The van der Waals surface area contributed by atoms with E-state index < -0.39 is 0 Å². The number of thioether (sulfide) groups is 1. The van der Waals surface area contributed by atoms with Crippen LogP contribution in [0.15, 0.2) is 40.0 Å². The molecule has 0 spiro atoms. The van der Waals surface area contributed by atoms with Crippen LogP contribution in [0.3, 0.4) is 0 Å². The molecule has 0 aliphatic carbocycles. The highest BCUT2D eigenvalue weighted by Gasteiger charge is 2.36. The Morgan fingerprint density at radius 3 is 2.77 bits per heavy atom. The monoisotopic (exact) mass is 370 g/mol. The normalized spacial score (nSPS) is 16.0. The fourth-order valence-electron chi connectivity index (χ4n) is 3.34. The maximum atomic E-state index is 12.8. The highest BCUT2D eigenvalue weighted by molar-refractivity contribution is 8.00. The molecule has 1 amide bonds. The molecular weight excluding hydrogens is 348 g/mol. The molecule has 1 saturated heterocycles. The number of rotatable bonds is 5. The first-order valence-electron chi connectivity index (χ1n) is 8.89. The van der Waals surface area contributed by atoms with Crippen molar-refractivity contribution in [1.82, 2.24) is 19.7 Å². The first kappa shape index (κ1) is 17.1. The predicted octanol–water partition coefficient (Wildman–Crippen LogP) is 3.60. The summed E-state index contributed by atoms with van der Waals surface area (Å²) in [5, 5.41) is 4.91. The topological polar surface area (TPSA) is 64.2 Å². The quantitative estimate of drug-likeness (QED) is 0.642. The Labute approximate surface area is 156 Å². The minimum atomic E-state index is -0.176. The second-order valence-electron chi connectivity index (χ2n) is 6.73. The average molecular weight is 370 g/mol. The number of hydrogen-bond acceptors (Lipinski definition) is 5. The van der Waals surface area contributed by atoms with Gasteiger partial charge in [-0.25, -0.2) is 4.98 Å². The van der Waals surface area contributed by atoms with Crippen LogP contribution in [0.1, 0.15) is 30.8 Å². The summed E-state index contributed by atoms with van der Waals surface area (Å²) in [6.07, 6.45) is 0.739. The van der Waals surface area contributed by atoms with E-state index in [0.717, 1.165) is 28.9 Å². The lowest BCUT2D eigenvalue weighted by Crippen LogP contribution is -2.53. The number of fused-ring (bicyclic) bond motifs is 1. The Bertz CT molecular complexity index is 909. The molecule has 136 valence electrons. The molecular formula is C19H22N4O2S. The number of aryl methyl sites for hydroxylation is 2. The number of amides is 1. The number of aromatic nitrogens is 3. The van der Waals surface area contributed by atoms with E-state index in [9.17, 15) is 4.79 Å². The van der Waals surface area contributed by atoms with Crippen LogP contribution in [0, 0.1) is 13.8 Å². The van der Waals surface area contributed by atoms with Crippen LogP contribution >= 0.6 is 11.8 Å². The number of hydrogen-bond donors (Lipinski definition) is 0. The van der Waals surface area contributed by atoms with E-state index in [1.165, 1.54) is 11.8 Å². The lowest BCUT2D eigenvalue weighted by atomic mass is 10.1. The standard InChI is InChI=1S/C19H22N4O2S/c1-4-17(26-19-20-15-7-5-6-8-16(15)25-19)18(24)22-10-14(11-22)23-13(3)9-12(2)21-23/h5-9,14,17H,4,10-11H2,1-3H3/t17-/m1/s1. The second-order valence-corrected chi connectivity index (χ2v) is 7.88. The Hall–Kier alpha value is -2.28. The molecule has 1 fully saturated rings. The smallest absolute Gasteiger partial charge is 0.257 e. The lowest BCUT2D eigenvalue weighted by Gasteiger charge is -2.41. The second kappa shape index (κ2) is 6.79. The number of carbonyl (C=O) groups excluding carboxylic acids is 1. The SMILES string of the molecule is CC[C@@H](Sc1nc2ccccc2o1)C(=O)N1CC(n2nc(C)cc2C)C1. The zero-order valence-electron chi connectivity index (χ0n) is 15.2. The summed E-state index contributed by atoms with van der Waals surface area (Å²) in [6, 6.07) is 10.0. The van der Waals surface area contributed by atoms with Crippen LogP contribution in [-0.4, -0.2) is 43.9 Å². The van der Waals surface area contributed by atoms with Crippen molar-refractivity contribution < 1.29 is 9.21 Å². The van der Waals surface area contributed by atoms with Gasteiger partial charge < -0.3 is 9.32 Å². The van der Waals surface area contributed by atoms with Crippen molar-refractivity contribution >= 4 is 28.8 Å². The summed E-state index contributed by atoms with van der Waals surface area (Å²) >= 11 is 1.41. The van der Waals surface area contributed by atoms with Gasteiger partial charge in [0.15, 0.2) is 5.58 Å². The van der Waals surface area contributed by atoms with Crippen LogP contribution in [0.5, 0.6) is 0 Å². The minimum absolute atomic E-state index is 0.150. The number of oxazole rings is 1. The molecule has 1 aliphatic heterocycles. The van der Waals surface area contributed by atoms with Gasteiger partial charge in [-0.3, -0.25) is 9.48 Å². The summed E-state index contributed by atoms with van der Waals surface area (Å²) in [5.41, 5.74) is 3.74. The molecule has 26 heavy (non-hydrogen) atoms. The van der Waals surface area contributed by atoms with Gasteiger partial charge in [0.05, 0.1) is 17.0 Å². The number of para-hydroxylation sites is 2. The highest BCUT2D eigenvalue weighted by atomic mass is 32.2. The van der Waals surface area contributed by atoms with E-state index >= 15 is 0 Å². The Kier molecular flexibility index (Phi) is 4.48. The van der Waals surface area contributed by atoms with Crippen molar-refractivity contribution in [3.63, 3.8) is 0 Å². The van der Waals surface area contributed by atoms with Gasteiger partial charge in [0.1, 0.15) is 5.52 Å². The molecule has 0 N–H and O–H groups in total. The molecule has 3 aromatic rings. The maximum Gasteiger partial charge on any atom is 0.257 e. The van der Waals surface area contributed by atoms with Gasteiger partial charge in [0.25, 0.3) is 5.22 Å². The third kappa shape index (κ3) is 3.11. The summed E-state index contributed by atoms with van der Waals surface area (Å²) in [4.78, 5) is 19.2. The van der Waals surface area contributed by atoms with Gasteiger partial charge in [-0.15, -0.1) is 0 Å². The van der Waals surface area contributed by atoms with Crippen molar-refractivity contribution in [3.05, 3.63) is 41.7 Å². The van der Waals surface area contributed by atoms with Crippen LogP contribution in [0.4, 0.5) is 0 Å². The summed E-state index contributed by atoms with van der Waals surface area (Å²) in [7, 11) is 0. The van der Waals surface area contributed by atoms with E-state index in [-0.39, 0.29) is 17.2 Å². The molecule has 3 heterocycles. The summed E-state index contributed by atoms with van der Waals surface area (Å²) < 4.78 is 7.79. The number of carbonyl (C=O) groups is 1. The first-order chi connectivity index (χ1) is 12.5. The minimum Gasteiger partial charge on any atom is -0.431 e. The lowest BCUT2D eigenvalue weighted by molar-refractivity contribution is -0.136. The Morgan fingerprint density at radius 1 is 1.35 bits per heavy atom. The molecule has 4 rings (SSSR count). The van der Waals surface area contributed by atoms with Crippen molar-refractivity contribution in [2.45, 2.75) is 43.7 Å². The highest BCUT2D eigenvalue weighted by Crippen LogP contribution is 2.32. The molecule has 1 aromatic carbocycles. The van der Waals surface area contributed by atoms with E-state index in [2.05, 4.69) is 23.1 Å². The number of likely N-dealkylation sites (tertiary alicyclic amines) is 1. The van der Waals surface area contributed by atoms with Crippen molar-refractivity contribution in [2.24, 2.45) is 0 Å². The van der Waals surface area contributed by atoms with Crippen LogP contribution < -0.4 is 0 Å². The Morgan fingerprint density at radius 2 is 2.12 bits per heavy atom. The van der Waals surface area contributed by atoms with Gasteiger partial charge in [-0.05, 0) is 38.5 Å². The fraction of sp³-hybridized carbons (Fsp3) is 0.421. The molecule has 0 bridgehead atoms. The van der Waals surface area contributed by atoms with Gasteiger partial charge in [-0.2, -0.15) is 5.10 Å².